The Hall–Kier alpha value is -3.30. The number of aryl methyl sites for hydroxylation is 2. The lowest BCUT2D eigenvalue weighted by Crippen LogP contribution is -2.17. The Kier molecular flexibility index (Phi) is 6.90. The number of aromatic nitrogens is 2. The van der Waals surface area contributed by atoms with Crippen LogP contribution in [0.25, 0.3) is 11.3 Å². The second kappa shape index (κ2) is 9.46. The molecule has 0 fully saturated rings. The molecule has 0 amide bonds. The van der Waals surface area contributed by atoms with Crippen molar-refractivity contribution < 1.29 is 18.3 Å². The molecule has 2 aromatic carbocycles. The maximum atomic E-state index is 13.0. The van der Waals surface area contributed by atoms with Crippen LogP contribution in [-0.2, 0) is 10.0 Å². The molecular formula is C23H26N4O4S. The van der Waals surface area contributed by atoms with Crippen molar-refractivity contribution in [1.29, 1.82) is 0 Å². The summed E-state index contributed by atoms with van der Waals surface area (Å²) in [5, 5.41) is 9.18. The summed E-state index contributed by atoms with van der Waals surface area (Å²) in [7, 11) is -4.11. The number of benzene rings is 2. The van der Waals surface area contributed by atoms with E-state index >= 15 is 0 Å². The average Bonchev–Trinajstić information content (AvgIpc) is 2.73. The van der Waals surface area contributed by atoms with Gasteiger partial charge >= 0.3 is 5.97 Å². The fourth-order valence-electron chi connectivity index (χ4n) is 3.48. The summed E-state index contributed by atoms with van der Waals surface area (Å²) in [6, 6.07) is 12.9. The van der Waals surface area contributed by atoms with Gasteiger partial charge in [0.2, 0.25) is 5.95 Å². The van der Waals surface area contributed by atoms with Crippen LogP contribution >= 0.6 is 0 Å². The van der Waals surface area contributed by atoms with Crippen molar-refractivity contribution in [2.24, 2.45) is 5.73 Å². The number of carbonyl (C=O) groups is 1. The predicted molar refractivity (Wildman–Crippen MR) is 123 cm³/mol. The highest BCUT2D eigenvalue weighted by atomic mass is 32.2. The highest BCUT2D eigenvalue weighted by Crippen LogP contribution is 2.30. The minimum atomic E-state index is -4.11. The molecule has 9 heteroatoms. The van der Waals surface area contributed by atoms with Gasteiger partial charge in [0.1, 0.15) is 0 Å². The first kappa shape index (κ1) is 23.4. The van der Waals surface area contributed by atoms with E-state index < -0.39 is 16.0 Å². The lowest BCUT2D eigenvalue weighted by Gasteiger charge is -2.16. The summed E-state index contributed by atoms with van der Waals surface area (Å²) in [6.45, 7) is 6.37. The van der Waals surface area contributed by atoms with Crippen molar-refractivity contribution in [3.63, 3.8) is 0 Å². The third-order valence-corrected chi connectivity index (χ3v) is 6.53. The Morgan fingerprint density at radius 1 is 1.09 bits per heavy atom. The summed E-state index contributed by atoms with van der Waals surface area (Å²) in [5.41, 5.74) is 9.77. The molecule has 0 aliphatic carbocycles. The van der Waals surface area contributed by atoms with Crippen molar-refractivity contribution in [2.75, 3.05) is 11.3 Å². The molecule has 168 valence electrons. The highest BCUT2D eigenvalue weighted by molar-refractivity contribution is 7.92. The molecule has 0 aliphatic heterocycles. The molecule has 3 aromatic rings. The summed E-state index contributed by atoms with van der Waals surface area (Å²) < 4.78 is 28.3. The van der Waals surface area contributed by atoms with E-state index in [1.807, 2.05) is 45.0 Å². The van der Waals surface area contributed by atoms with Gasteiger partial charge in [0.15, 0.2) is 0 Å². The number of carboxylic acids is 1. The molecule has 0 bridgehead atoms. The van der Waals surface area contributed by atoms with Crippen LogP contribution in [0.1, 0.15) is 46.4 Å². The maximum absolute atomic E-state index is 13.0. The van der Waals surface area contributed by atoms with E-state index in [9.17, 15) is 18.3 Å². The third-order valence-electron chi connectivity index (χ3n) is 5.20. The number of nitrogens with zero attached hydrogens (tertiary/aromatic N) is 2. The largest absolute Gasteiger partial charge is 0.478 e. The minimum absolute atomic E-state index is 0.00957. The van der Waals surface area contributed by atoms with E-state index in [1.54, 1.807) is 0 Å². The Morgan fingerprint density at radius 3 is 2.38 bits per heavy atom. The van der Waals surface area contributed by atoms with Crippen molar-refractivity contribution in [1.82, 2.24) is 9.97 Å². The van der Waals surface area contributed by atoms with E-state index in [2.05, 4.69) is 14.7 Å². The normalized spacial score (nSPS) is 12.4. The van der Waals surface area contributed by atoms with Gasteiger partial charge in [0.05, 0.1) is 16.2 Å². The molecule has 32 heavy (non-hydrogen) atoms. The predicted octanol–water partition coefficient (Wildman–Crippen LogP) is 3.71. The van der Waals surface area contributed by atoms with Gasteiger partial charge < -0.3 is 10.8 Å². The van der Waals surface area contributed by atoms with Crippen LogP contribution < -0.4 is 10.5 Å². The number of aromatic carboxylic acids is 1. The van der Waals surface area contributed by atoms with E-state index in [0.29, 0.717) is 24.4 Å². The lowest BCUT2D eigenvalue weighted by molar-refractivity contribution is 0.0696. The van der Waals surface area contributed by atoms with Gasteiger partial charge in [-0.3, -0.25) is 0 Å². The number of rotatable bonds is 8. The number of nitrogens with two attached hydrogens (primary N) is 1. The van der Waals surface area contributed by atoms with E-state index in [4.69, 9.17) is 5.73 Å². The number of sulfonamides is 1. The monoisotopic (exact) mass is 454 g/mol. The number of anilines is 1. The molecule has 0 aliphatic rings. The van der Waals surface area contributed by atoms with Crippen LogP contribution in [0.4, 0.5) is 5.95 Å². The zero-order valence-electron chi connectivity index (χ0n) is 18.2. The average molecular weight is 455 g/mol. The summed E-state index contributed by atoms with van der Waals surface area (Å²) in [6.07, 6.45) is 0.677. The van der Waals surface area contributed by atoms with Gasteiger partial charge in [-0.2, -0.15) is 0 Å². The SMILES string of the molecule is Cc1cccc(C)c1-c1cc(C(C)CCN)nc(NS(=O)(=O)c2cccc(C(=O)O)c2)n1. The van der Waals surface area contributed by atoms with Gasteiger partial charge in [0.25, 0.3) is 10.0 Å². The molecule has 0 radical (unpaired) electrons. The van der Waals surface area contributed by atoms with Gasteiger partial charge in [-0.05, 0) is 68.1 Å². The van der Waals surface area contributed by atoms with E-state index in [0.717, 1.165) is 22.8 Å². The molecule has 0 spiro atoms. The first-order valence-corrected chi connectivity index (χ1v) is 11.6. The molecule has 3 rings (SSSR count). The van der Waals surface area contributed by atoms with Gasteiger partial charge in [0, 0.05) is 11.3 Å². The fourth-order valence-corrected chi connectivity index (χ4v) is 4.47. The molecule has 1 heterocycles. The zero-order chi connectivity index (χ0) is 23.5. The summed E-state index contributed by atoms with van der Waals surface area (Å²) >= 11 is 0. The topological polar surface area (TPSA) is 135 Å². The standard InChI is InChI=1S/C23H26N4O4S/c1-14(10-11-24)19-13-20(21-15(2)6-4-7-16(21)3)26-23(25-19)27-32(30,31)18-9-5-8-17(12-18)22(28)29/h4-9,12-14H,10-11,24H2,1-3H3,(H,28,29)(H,25,26,27). The molecular weight excluding hydrogens is 428 g/mol. The second-order valence-corrected chi connectivity index (χ2v) is 9.37. The third kappa shape index (κ3) is 5.12. The maximum Gasteiger partial charge on any atom is 0.335 e. The Balaban J connectivity index is 2.10. The summed E-state index contributed by atoms with van der Waals surface area (Å²) in [4.78, 5) is 20.0. The first-order valence-electron chi connectivity index (χ1n) is 10.1. The van der Waals surface area contributed by atoms with Crippen LogP contribution in [-0.4, -0.2) is 36.0 Å². The van der Waals surface area contributed by atoms with Crippen molar-refractivity contribution in [2.45, 2.75) is 38.0 Å². The molecule has 8 nitrogen and oxygen atoms in total. The van der Waals surface area contributed by atoms with Gasteiger partial charge in [-0.25, -0.2) is 27.9 Å². The lowest BCUT2D eigenvalue weighted by atomic mass is 9.97. The minimum Gasteiger partial charge on any atom is -0.478 e. The van der Waals surface area contributed by atoms with E-state index in [-0.39, 0.29) is 22.3 Å². The van der Waals surface area contributed by atoms with Crippen molar-refractivity contribution >= 4 is 21.9 Å². The van der Waals surface area contributed by atoms with Gasteiger partial charge in [-0.1, -0.05) is 31.2 Å². The van der Waals surface area contributed by atoms with Gasteiger partial charge in [-0.15, -0.1) is 0 Å². The number of hydrogen-bond acceptors (Lipinski definition) is 6. The van der Waals surface area contributed by atoms with Crippen molar-refractivity contribution in [3.05, 3.63) is 70.9 Å². The van der Waals surface area contributed by atoms with Crippen LogP contribution in [0.2, 0.25) is 0 Å². The smallest absolute Gasteiger partial charge is 0.335 e. The zero-order valence-corrected chi connectivity index (χ0v) is 19.0. The number of carboxylic acid groups (broad SMARTS) is 1. The molecule has 1 aromatic heterocycles. The molecule has 0 saturated heterocycles. The molecule has 1 unspecified atom stereocenters. The molecule has 4 N–H and O–H groups in total. The highest BCUT2D eigenvalue weighted by Gasteiger charge is 2.20. The molecule has 1 atom stereocenters. The van der Waals surface area contributed by atoms with Crippen LogP contribution in [0.15, 0.2) is 53.4 Å². The molecule has 0 saturated carbocycles. The van der Waals surface area contributed by atoms with Crippen molar-refractivity contribution in [3.8, 4) is 11.3 Å². The van der Waals surface area contributed by atoms with E-state index in [1.165, 1.54) is 18.2 Å². The Morgan fingerprint density at radius 2 is 1.75 bits per heavy atom. The van der Waals surface area contributed by atoms with Crippen LogP contribution in [0.5, 0.6) is 0 Å². The quantitative estimate of drug-likeness (QED) is 0.472. The fraction of sp³-hybridized carbons (Fsp3) is 0.261. The van der Waals surface area contributed by atoms with Crippen LogP contribution in [0.3, 0.4) is 0 Å². The first-order chi connectivity index (χ1) is 15.1. The number of hydrogen-bond donors (Lipinski definition) is 3. The Bertz CT molecular complexity index is 1240. The van der Waals surface area contributed by atoms with Crippen LogP contribution in [0, 0.1) is 13.8 Å². The number of nitrogens with one attached hydrogen (secondary N) is 1. The summed E-state index contributed by atoms with van der Waals surface area (Å²) in [5.74, 6) is -1.30. The Labute approximate surface area is 187 Å². The second-order valence-electron chi connectivity index (χ2n) is 7.69.